The Morgan fingerprint density at radius 3 is 2.80 bits per heavy atom. The molecule has 0 bridgehead atoms. The van der Waals surface area contributed by atoms with Crippen LogP contribution in [0.25, 0.3) is 10.4 Å². The van der Waals surface area contributed by atoms with Crippen LogP contribution in [-0.2, 0) is 11.2 Å². The number of ether oxygens (including phenoxy) is 1. The molecule has 6 heteroatoms. The smallest absolute Gasteiger partial charge is 0.350 e. The molecule has 106 valence electrons. The molecule has 1 heterocycles. The Bertz CT molecular complexity index is 669. The van der Waals surface area contributed by atoms with E-state index in [4.69, 9.17) is 10.5 Å². The van der Waals surface area contributed by atoms with Gasteiger partial charge in [-0.1, -0.05) is 22.9 Å². The second-order valence-electron chi connectivity index (χ2n) is 4.12. The van der Waals surface area contributed by atoms with Crippen molar-refractivity contribution in [3.05, 3.63) is 36.7 Å². The number of thiophene rings is 1. The highest BCUT2D eigenvalue weighted by atomic mass is 127. The van der Waals surface area contributed by atoms with Gasteiger partial charge in [-0.25, -0.2) is 4.79 Å². The molecule has 0 aliphatic carbocycles. The predicted octanol–water partition coefficient (Wildman–Crippen LogP) is 4.71. The highest BCUT2D eigenvalue weighted by molar-refractivity contribution is 14.1. The molecule has 0 saturated carbocycles. The van der Waals surface area contributed by atoms with Crippen molar-refractivity contribution in [2.75, 3.05) is 12.8 Å². The van der Waals surface area contributed by atoms with Gasteiger partial charge in [-0.15, -0.1) is 11.3 Å². The molecule has 0 unspecified atom stereocenters. The van der Waals surface area contributed by atoms with Crippen molar-refractivity contribution in [1.82, 2.24) is 0 Å². The lowest BCUT2D eigenvalue weighted by Gasteiger charge is -2.06. The Morgan fingerprint density at radius 1 is 1.50 bits per heavy atom. The van der Waals surface area contributed by atoms with E-state index in [2.05, 4.69) is 44.6 Å². The number of hydrogen-bond donors (Lipinski definition) is 1. The lowest BCUT2D eigenvalue weighted by molar-refractivity contribution is 0.0607. The van der Waals surface area contributed by atoms with E-state index in [0.717, 1.165) is 30.5 Å². The van der Waals surface area contributed by atoms with Crippen LogP contribution in [0.15, 0.2) is 22.7 Å². The molecule has 20 heavy (non-hydrogen) atoms. The molecule has 0 saturated heterocycles. The van der Waals surface area contributed by atoms with Crippen molar-refractivity contribution in [3.8, 4) is 10.4 Å². The van der Waals surface area contributed by atoms with Crippen LogP contribution in [-0.4, -0.2) is 13.1 Å². The molecule has 0 amide bonds. The zero-order valence-electron chi connectivity index (χ0n) is 11.0. The van der Waals surface area contributed by atoms with E-state index in [1.807, 2.05) is 19.1 Å². The van der Waals surface area contributed by atoms with E-state index >= 15 is 0 Å². The third-order valence-corrected chi connectivity index (χ3v) is 5.57. The van der Waals surface area contributed by atoms with Gasteiger partial charge in [-0.05, 0) is 52.8 Å². The third-order valence-electron chi connectivity index (χ3n) is 2.95. The van der Waals surface area contributed by atoms with E-state index in [1.165, 1.54) is 18.4 Å². The van der Waals surface area contributed by atoms with Crippen LogP contribution in [0.1, 0.15) is 22.2 Å². The van der Waals surface area contributed by atoms with Crippen LogP contribution in [0.3, 0.4) is 0 Å². The van der Waals surface area contributed by atoms with Gasteiger partial charge in [0.2, 0.25) is 0 Å². The molecule has 1 aromatic carbocycles. The van der Waals surface area contributed by atoms with Gasteiger partial charge in [0, 0.05) is 18.5 Å². The Kier molecular flexibility index (Phi) is 5.09. The maximum absolute atomic E-state index is 11.8. The molecular weight excluding hydrogens is 453 g/mol. The predicted molar refractivity (Wildman–Crippen MR) is 95.3 cm³/mol. The molecule has 0 atom stereocenters. The molecule has 3 nitrogen and oxygen atoms in total. The number of carbonyl (C=O) groups is 1. The number of halogens is 2. The van der Waals surface area contributed by atoms with Crippen LogP contribution >= 0.6 is 49.9 Å². The minimum atomic E-state index is -0.379. The van der Waals surface area contributed by atoms with Gasteiger partial charge in [0.25, 0.3) is 0 Å². The first kappa shape index (κ1) is 15.8. The fraction of sp³-hybridized carbons (Fsp3) is 0.214. The number of rotatable bonds is 3. The molecule has 0 fully saturated rings. The number of esters is 1. The molecule has 0 aliphatic rings. The van der Waals surface area contributed by atoms with Crippen molar-refractivity contribution < 1.29 is 9.53 Å². The number of benzene rings is 1. The summed E-state index contributed by atoms with van der Waals surface area (Å²) in [4.78, 5) is 13.3. The fourth-order valence-corrected chi connectivity index (χ4v) is 4.29. The van der Waals surface area contributed by atoms with Crippen molar-refractivity contribution in [1.29, 1.82) is 0 Å². The van der Waals surface area contributed by atoms with Gasteiger partial charge < -0.3 is 10.5 Å². The quantitative estimate of drug-likeness (QED) is 0.527. The summed E-state index contributed by atoms with van der Waals surface area (Å²) >= 11 is 7.22. The normalized spacial score (nSPS) is 10.6. The van der Waals surface area contributed by atoms with Crippen molar-refractivity contribution in [2.45, 2.75) is 13.3 Å². The summed E-state index contributed by atoms with van der Waals surface area (Å²) in [6.45, 7) is 2.03. The summed E-state index contributed by atoms with van der Waals surface area (Å²) in [6.07, 6.45) is 0.770. The van der Waals surface area contributed by atoms with Crippen LogP contribution in [0.5, 0.6) is 0 Å². The summed E-state index contributed by atoms with van der Waals surface area (Å²) in [5, 5.41) is 0. The second kappa shape index (κ2) is 6.44. The molecular formula is C14H13BrINO2S. The van der Waals surface area contributed by atoms with Gasteiger partial charge >= 0.3 is 5.97 Å². The standard InChI is InChI=1S/C14H13BrINO2S/c1-3-8-11(17)13(14(18)19-2)20-12(8)9-6-7(16)4-5-10(9)15/h4-6H,3,17H2,1-2H3. The summed E-state index contributed by atoms with van der Waals surface area (Å²) in [7, 11) is 1.37. The Balaban J connectivity index is 2.68. The maximum atomic E-state index is 11.8. The van der Waals surface area contributed by atoms with Crippen LogP contribution in [0.4, 0.5) is 5.69 Å². The first-order valence-corrected chi connectivity index (χ1v) is 8.63. The zero-order chi connectivity index (χ0) is 14.9. The summed E-state index contributed by atoms with van der Waals surface area (Å²) in [6, 6.07) is 6.11. The van der Waals surface area contributed by atoms with Crippen LogP contribution < -0.4 is 5.73 Å². The topological polar surface area (TPSA) is 52.3 Å². The second-order valence-corrected chi connectivity index (χ2v) is 7.24. The molecule has 2 aromatic rings. The molecule has 0 radical (unpaired) electrons. The van der Waals surface area contributed by atoms with Crippen LogP contribution in [0.2, 0.25) is 0 Å². The number of methoxy groups -OCH3 is 1. The number of nitrogen functional groups attached to an aromatic ring is 1. The number of anilines is 1. The van der Waals surface area contributed by atoms with E-state index in [1.54, 1.807) is 0 Å². The van der Waals surface area contributed by atoms with Gasteiger partial charge in [0.15, 0.2) is 0 Å². The lowest BCUT2D eigenvalue weighted by atomic mass is 10.1. The first-order chi connectivity index (χ1) is 9.49. The average molecular weight is 466 g/mol. The molecule has 0 aliphatic heterocycles. The SMILES string of the molecule is CCc1c(-c2cc(I)ccc2Br)sc(C(=O)OC)c1N. The molecule has 2 rings (SSSR count). The number of nitrogens with two attached hydrogens (primary N) is 1. The van der Waals surface area contributed by atoms with Gasteiger partial charge in [-0.3, -0.25) is 0 Å². The summed E-state index contributed by atoms with van der Waals surface area (Å²) in [5.74, 6) is -0.379. The first-order valence-electron chi connectivity index (χ1n) is 5.94. The monoisotopic (exact) mass is 465 g/mol. The molecule has 0 spiro atoms. The van der Waals surface area contributed by atoms with Crippen LogP contribution in [0, 0.1) is 3.57 Å². The van der Waals surface area contributed by atoms with Crippen molar-refractivity contribution >= 4 is 61.5 Å². The van der Waals surface area contributed by atoms with Crippen molar-refractivity contribution in [2.24, 2.45) is 0 Å². The van der Waals surface area contributed by atoms with E-state index in [-0.39, 0.29) is 5.97 Å². The number of carbonyl (C=O) groups excluding carboxylic acids is 1. The summed E-state index contributed by atoms with van der Waals surface area (Å²) in [5.41, 5.74) is 8.70. The Morgan fingerprint density at radius 2 is 2.20 bits per heavy atom. The third kappa shape index (κ3) is 2.87. The van der Waals surface area contributed by atoms with Crippen molar-refractivity contribution in [3.63, 3.8) is 0 Å². The lowest BCUT2D eigenvalue weighted by Crippen LogP contribution is -2.02. The Labute approximate surface area is 143 Å². The fourth-order valence-electron chi connectivity index (χ4n) is 1.96. The largest absolute Gasteiger partial charge is 0.465 e. The van der Waals surface area contributed by atoms with E-state index < -0.39 is 0 Å². The van der Waals surface area contributed by atoms with Gasteiger partial charge in [0.1, 0.15) is 4.88 Å². The van der Waals surface area contributed by atoms with Gasteiger partial charge in [-0.2, -0.15) is 0 Å². The summed E-state index contributed by atoms with van der Waals surface area (Å²) < 4.78 is 6.92. The average Bonchev–Trinajstić information content (AvgIpc) is 2.77. The zero-order valence-corrected chi connectivity index (χ0v) is 15.6. The number of hydrogen-bond acceptors (Lipinski definition) is 4. The minimum Gasteiger partial charge on any atom is -0.465 e. The minimum absolute atomic E-state index is 0.379. The molecule has 1 aromatic heterocycles. The van der Waals surface area contributed by atoms with Gasteiger partial charge in [0.05, 0.1) is 12.8 Å². The molecule has 2 N–H and O–H groups in total. The van der Waals surface area contributed by atoms with E-state index in [0.29, 0.717) is 10.6 Å². The van der Waals surface area contributed by atoms with E-state index in [9.17, 15) is 4.79 Å². The highest BCUT2D eigenvalue weighted by Crippen LogP contribution is 2.42. The maximum Gasteiger partial charge on any atom is 0.350 e. The highest BCUT2D eigenvalue weighted by Gasteiger charge is 2.22. The Hall–Kier alpha value is -0.600.